The largest absolute Gasteiger partial charge is 0.496 e. The Balaban J connectivity index is 1.49. The first-order chi connectivity index (χ1) is 13.2. The number of aromatic nitrogens is 2. The first kappa shape index (κ1) is 18.0. The van der Waals surface area contributed by atoms with E-state index < -0.39 is 11.9 Å². The third kappa shape index (κ3) is 3.69. The van der Waals surface area contributed by atoms with E-state index in [0.717, 1.165) is 30.0 Å². The van der Waals surface area contributed by atoms with E-state index in [4.69, 9.17) is 9.26 Å². The van der Waals surface area contributed by atoms with Crippen molar-refractivity contribution in [3.63, 3.8) is 0 Å². The van der Waals surface area contributed by atoms with Crippen molar-refractivity contribution in [2.75, 3.05) is 20.2 Å². The molecule has 4 rings (SSSR count). The Kier molecular flexibility index (Phi) is 5.11. The van der Waals surface area contributed by atoms with Crippen LogP contribution in [0.1, 0.15) is 54.8 Å². The van der Waals surface area contributed by atoms with Gasteiger partial charge in [-0.05, 0) is 24.5 Å². The number of carboxylic acids is 1. The van der Waals surface area contributed by atoms with Gasteiger partial charge in [0.15, 0.2) is 5.82 Å². The lowest BCUT2D eigenvalue weighted by Gasteiger charge is -2.18. The van der Waals surface area contributed by atoms with E-state index in [0.29, 0.717) is 31.4 Å². The van der Waals surface area contributed by atoms with Crippen molar-refractivity contribution in [3.8, 4) is 5.75 Å². The van der Waals surface area contributed by atoms with Gasteiger partial charge in [-0.1, -0.05) is 36.2 Å². The van der Waals surface area contributed by atoms with Crippen molar-refractivity contribution in [2.24, 2.45) is 5.92 Å². The minimum Gasteiger partial charge on any atom is -0.496 e. The van der Waals surface area contributed by atoms with Gasteiger partial charge in [-0.3, -0.25) is 9.69 Å². The molecule has 7 nitrogen and oxygen atoms in total. The van der Waals surface area contributed by atoms with Crippen molar-refractivity contribution < 1.29 is 19.2 Å². The minimum absolute atomic E-state index is 0.125. The van der Waals surface area contributed by atoms with Crippen LogP contribution in [-0.4, -0.2) is 46.3 Å². The summed E-state index contributed by atoms with van der Waals surface area (Å²) in [6.45, 7) is 1.60. The molecule has 2 fully saturated rings. The Bertz CT molecular complexity index is 800. The highest BCUT2D eigenvalue weighted by atomic mass is 16.5. The van der Waals surface area contributed by atoms with E-state index in [1.54, 1.807) is 7.11 Å². The van der Waals surface area contributed by atoms with E-state index in [-0.39, 0.29) is 5.92 Å². The van der Waals surface area contributed by atoms with Gasteiger partial charge in [-0.2, -0.15) is 4.98 Å². The van der Waals surface area contributed by atoms with Gasteiger partial charge in [0.2, 0.25) is 5.89 Å². The molecule has 0 unspecified atom stereocenters. The summed E-state index contributed by atoms with van der Waals surface area (Å²) in [6.07, 6.45) is 4.66. The predicted octanol–water partition coefficient (Wildman–Crippen LogP) is 3.04. The molecule has 1 aliphatic carbocycles. The molecule has 1 saturated carbocycles. The fraction of sp³-hybridized carbons (Fsp3) is 0.550. The molecule has 0 radical (unpaired) electrons. The average Bonchev–Trinajstić information content (AvgIpc) is 3.42. The molecule has 0 spiro atoms. The molecule has 1 N–H and O–H groups in total. The molecule has 1 aromatic carbocycles. The number of benzene rings is 1. The van der Waals surface area contributed by atoms with E-state index in [2.05, 4.69) is 15.0 Å². The Morgan fingerprint density at radius 1 is 1.30 bits per heavy atom. The highest BCUT2D eigenvalue weighted by Gasteiger charge is 2.40. The maximum Gasteiger partial charge on any atom is 0.308 e. The fourth-order valence-electron chi connectivity index (χ4n) is 4.42. The van der Waals surface area contributed by atoms with Gasteiger partial charge in [-0.15, -0.1) is 0 Å². The van der Waals surface area contributed by atoms with Crippen LogP contribution in [0.15, 0.2) is 28.8 Å². The number of carboxylic acid groups (broad SMARTS) is 1. The predicted molar refractivity (Wildman–Crippen MR) is 97.6 cm³/mol. The van der Waals surface area contributed by atoms with Crippen LogP contribution in [0, 0.1) is 5.92 Å². The van der Waals surface area contributed by atoms with Crippen LogP contribution in [-0.2, 0) is 11.3 Å². The van der Waals surface area contributed by atoms with Crippen LogP contribution in [0.4, 0.5) is 0 Å². The number of para-hydroxylation sites is 1. The minimum atomic E-state index is -0.784. The molecule has 2 atom stereocenters. The van der Waals surface area contributed by atoms with E-state index in [9.17, 15) is 9.90 Å². The van der Waals surface area contributed by atoms with Crippen LogP contribution in [0.2, 0.25) is 0 Å². The first-order valence-corrected chi connectivity index (χ1v) is 9.56. The summed E-state index contributed by atoms with van der Waals surface area (Å²) >= 11 is 0. The molecule has 0 amide bonds. The van der Waals surface area contributed by atoms with Crippen molar-refractivity contribution in [1.29, 1.82) is 0 Å². The zero-order valence-corrected chi connectivity index (χ0v) is 15.5. The van der Waals surface area contributed by atoms with Gasteiger partial charge < -0.3 is 14.4 Å². The van der Waals surface area contributed by atoms with Gasteiger partial charge in [0.25, 0.3) is 0 Å². The standard InChI is InChI=1S/C20H25N3O4/c1-26-17-9-5-4-8-14(17)15-10-23(11-16(15)20(24)25)12-18-21-19(27-22-18)13-6-2-3-7-13/h4-5,8-9,13,15-16H,2-3,6-7,10-12H2,1H3,(H,24,25)/t15-,16+/m0/s1. The molecule has 1 saturated heterocycles. The Morgan fingerprint density at radius 2 is 2.07 bits per heavy atom. The first-order valence-electron chi connectivity index (χ1n) is 9.56. The number of methoxy groups -OCH3 is 1. The fourth-order valence-corrected chi connectivity index (χ4v) is 4.42. The third-order valence-electron chi connectivity index (χ3n) is 5.80. The zero-order chi connectivity index (χ0) is 18.8. The van der Waals surface area contributed by atoms with Gasteiger partial charge in [0.05, 0.1) is 19.6 Å². The van der Waals surface area contributed by atoms with Crippen LogP contribution in [0.25, 0.3) is 0 Å². The molecule has 27 heavy (non-hydrogen) atoms. The number of hydrogen-bond donors (Lipinski definition) is 1. The second-order valence-corrected chi connectivity index (χ2v) is 7.52. The summed E-state index contributed by atoms with van der Waals surface area (Å²) in [7, 11) is 1.62. The number of rotatable bonds is 6. The molecule has 2 heterocycles. The smallest absolute Gasteiger partial charge is 0.308 e. The summed E-state index contributed by atoms with van der Waals surface area (Å²) < 4.78 is 10.9. The van der Waals surface area contributed by atoms with Crippen LogP contribution < -0.4 is 4.74 Å². The Morgan fingerprint density at radius 3 is 2.81 bits per heavy atom. The summed E-state index contributed by atoms with van der Waals surface area (Å²) in [5.41, 5.74) is 0.939. The van der Waals surface area contributed by atoms with Gasteiger partial charge in [0, 0.05) is 24.9 Å². The number of nitrogens with zero attached hydrogens (tertiary/aromatic N) is 3. The number of carbonyl (C=O) groups is 1. The van der Waals surface area contributed by atoms with Crippen molar-refractivity contribution in [1.82, 2.24) is 15.0 Å². The van der Waals surface area contributed by atoms with Crippen LogP contribution in [0.3, 0.4) is 0 Å². The van der Waals surface area contributed by atoms with E-state index in [1.807, 2.05) is 24.3 Å². The van der Waals surface area contributed by atoms with Crippen LogP contribution >= 0.6 is 0 Å². The van der Waals surface area contributed by atoms with Crippen molar-refractivity contribution >= 4 is 5.97 Å². The molecule has 7 heteroatoms. The van der Waals surface area contributed by atoms with Crippen molar-refractivity contribution in [3.05, 3.63) is 41.5 Å². The molecule has 0 bridgehead atoms. The molecule has 1 aromatic heterocycles. The highest BCUT2D eigenvalue weighted by molar-refractivity contribution is 5.72. The van der Waals surface area contributed by atoms with Gasteiger partial charge in [-0.25, -0.2) is 0 Å². The summed E-state index contributed by atoms with van der Waals surface area (Å²) in [5.74, 6) is 1.10. The monoisotopic (exact) mass is 371 g/mol. The van der Waals surface area contributed by atoms with Gasteiger partial charge >= 0.3 is 5.97 Å². The zero-order valence-electron chi connectivity index (χ0n) is 15.5. The summed E-state index contributed by atoms with van der Waals surface area (Å²) in [6, 6.07) is 7.65. The van der Waals surface area contributed by atoms with E-state index >= 15 is 0 Å². The number of hydrogen-bond acceptors (Lipinski definition) is 6. The van der Waals surface area contributed by atoms with E-state index in [1.165, 1.54) is 12.8 Å². The lowest BCUT2D eigenvalue weighted by Crippen LogP contribution is -2.23. The Labute approximate surface area is 158 Å². The number of likely N-dealkylation sites (tertiary alicyclic amines) is 1. The molecule has 2 aliphatic rings. The summed E-state index contributed by atoms with van der Waals surface area (Å²) in [5, 5.41) is 13.8. The van der Waals surface area contributed by atoms with Gasteiger partial charge in [0.1, 0.15) is 5.75 Å². The lowest BCUT2D eigenvalue weighted by molar-refractivity contribution is -0.141. The molecule has 2 aromatic rings. The Hall–Kier alpha value is -2.41. The highest BCUT2D eigenvalue weighted by Crippen LogP contribution is 2.38. The SMILES string of the molecule is COc1ccccc1[C@@H]1CN(Cc2noc(C3CCCC3)n2)C[C@H]1C(=O)O. The lowest BCUT2D eigenvalue weighted by atomic mass is 9.88. The molecular formula is C20H25N3O4. The maximum absolute atomic E-state index is 11.8. The third-order valence-corrected chi connectivity index (χ3v) is 5.80. The molecule has 144 valence electrons. The number of aliphatic carboxylic acids is 1. The van der Waals surface area contributed by atoms with Crippen molar-refractivity contribution in [2.45, 2.75) is 44.1 Å². The topological polar surface area (TPSA) is 88.7 Å². The molecule has 1 aliphatic heterocycles. The molecular weight excluding hydrogens is 346 g/mol. The average molecular weight is 371 g/mol. The number of ether oxygens (including phenoxy) is 1. The second kappa shape index (κ2) is 7.68. The second-order valence-electron chi connectivity index (χ2n) is 7.52. The quantitative estimate of drug-likeness (QED) is 0.835. The van der Waals surface area contributed by atoms with Crippen LogP contribution in [0.5, 0.6) is 5.75 Å². The maximum atomic E-state index is 11.8. The summed E-state index contributed by atoms with van der Waals surface area (Å²) in [4.78, 5) is 18.5. The normalized spacial score (nSPS) is 23.7.